The van der Waals surface area contributed by atoms with Crippen LogP contribution in [0.4, 0.5) is 5.69 Å². The lowest BCUT2D eigenvalue weighted by Gasteiger charge is -2.01. The second kappa shape index (κ2) is 6.33. The fourth-order valence-corrected chi connectivity index (χ4v) is 2.70. The first-order valence-electron chi connectivity index (χ1n) is 7.83. The van der Waals surface area contributed by atoms with Gasteiger partial charge in [0.2, 0.25) is 0 Å². The zero-order valence-electron chi connectivity index (χ0n) is 14.0. The minimum Gasteiger partial charge on any atom is -0.464 e. The van der Waals surface area contributed by atoms with Crippen LogP contribution in [0.5, 0.6) is 0 Å². The second-order valence-corrected chi connectivity index (χ2v) is 5.54. The molecule has 0 radical (unpaired) electrons. The van der Waals surface area contributed by atoms with Crippen LogP contribution in [0, 0.1) is 10.1 Å². The number of benzene rings is 2. The molecule has 0 amide bonds. The predicted molar refractivity (Wildman–Crippen MR) is 93.5 cm³/mol. The first-order chi connectivity index (χ1) is 13.1. The van der Waals surface area contributed by atoms with Crippen LogP contribution in [0.1, 0.15) is 10.5 Å². The minimum atomic E-state index is -0.639. The monoisotopic (exact) mass is 364 g/mol. The van der Waals surface area contributed by atoms with Crippen LogP contribution in [-0.2, 0) is 4.74 Å². The average molecular weight is 364 g/mol. The average Bonchev–Trinajstić information content (AvgIpc) is 3.29. The number of fused-ring (bicyclic) bond motifs is 1. The van der Waals surface area contributed by atoms with Crippen molar-refractivity contribution in [3.63, 3.8) is 0 Å². The third-order valence-electron chi connectivity index (χ3n) is 3.97. The summed E-state index contributed by atoms with van der Waals surface area (Å²) in [5, 5.41) is 19.0. The van der Waals surface area contributed by atoms with Gasteiger partial charge in [0.15, 0.2) is 17.2 Å². The molecule has 2 aromatic heterocycles. The quantitative estimate of drug-likeness (QED) is 0.310. The molecular formula is C17H12N6O4. The third kappa shape index (κ3) is 2.68. The number of carbonyl (C=O) groups excluding carboxylic acids is 1. The Morgan fingerprint density at radius 3 is 2.41 bits per heavy atom. The van der Waals surface area contributed by atoms with E-state index in [1.165, 1.54) is 40.6 Å². The second-order valence-electron chi connectivity index (χ2n) is 5.54. The molecule has 0 aliphatic rings. The van der Waals surface area contributed by atoms with Crippen molar-refractivity contribution < 1.29 is 14.5 Å². The van der Waals surface area contributed by atoms with Crippen molar-refractivity contribution >= 4 is 17.3 Å². The first kappa shape index (κ1) is 16.4. The molecule has 0 aliphatic heterocycles. The van der Waals surface area contributed by atoms with Gasteiger partial charge in [0.25, 0.3) is 5.69 Å². The number of nitro benzene ring substituents is 1. The number of nitro groups is 1. The van der Waals surface area contributed by atoms with E-state index in [9.17, 15) is 14.9 Å². The number of hydrogen-bond donors (Lipinski definition) is 0. The molecule has 0 saturated heterocycles. The van der Waals surface area contributed by atoms with E-state index >= 15 is 0 Å². The SMILES string of the molecule is COC(=O)c1nc(-c2ccccc2)n2nnn(-c3ccc([N+](=O)[O-])cc3)c12. The molecular weight excluding hydrogens is 352 g/mol. The normalized spacial score (nSPS) is 10.9. The van der Waals surface area contributed by atoms with E-state index in [1.807, 2.05) is 30.3 Å². The van der Waals surface area contributed by atoms with Crippen molar-refractivity contribution in [2.75, 3.05) is 7.11 Å². The van der Waals surface area contributed by atoms with Crippen LogP contribution in [0.2, 0.25) is 0 Å². The molecule has 0 atom stereocenters. The molecule has 0 aliphatic carbocycles. The van der Waals surface area contributed by atoms with Crippen molar-refractivity contribution in [3.05, 3.63) is 70.4 Å². The standard InChI is InChI=1S/C17H12N6O4/c1-27-17(24)14-16-21(12-7-9-13(10-8-12)23(25)26)19-20-22(16)15(18-14)11-5-3-2-4-6-11/h2-10H,1H3. The van der Waals surface area contributed by atoms with Crippen LogP contribution in [0.15, 0.2) is 54.6 Å². The summed E-state index contributed by atoms with van der Waals surface area (Å²) in [4.78, 5) is 27.0. The lowest BCUT2D eigenvalue weighted by Crippen LogP contribution is -2.06. The fourth-order valence-electron chi connectivity index (χ4n) is 2.70. The summed E-state index contributed by atoms with van der Waals surface area (Å²) in [5.41, 5.74) is 1.53. The zero-order valence-corrected chi connectivity index (χ0v) is 14.0. The van der Waals surface area contributed by atoms with Gasteiger partial charge >= 0.3 is 5.97 Å². The lowest BCUT2D eigenvalue weighted by atomic mass is 10.2. The Morgan fingerprint density at radius 2 is 1.78 bits per heavy atom. The molecule has 2 heterocycles. The number of aromatic nitrogens is 5. The first-order valence-corrected chi connectivity index (χ1v) is 7.83. The number of carbonyl (C=O) groups is 1. The molecule has 0 fully saturated rings. The van der Waals surface area contributed by atoms with Crippen molar-refractivity contribution in [1.29, 1.82) is 0 Å². The van der Waals surface area contributed by atoms with E-state index < -0.39 is 10.9 Å². The molecule has 0 N–H and O–H groups in total. The van der Waals surface area contributed by atoms with Gasteiger partial charge in [0, 0.05) is 17.7 Å². The molecule has 4 aromatic rings. The summed E-state index contributed by atoms with van der Waals surface area (Å²) in [7, 11) is 1.26. The Bertz CT molecular complexity index is 1150. The smallest absolute Gasteiger partial charge is 0.360 e. The maximum Gasteiger partial charge on any atom is 0.360 e. The summed E-state index contributed by atoms with van der Waals surface area (Å²) in [6.07, 6.45) is 0. The summed E-state index contributed by atoms with van der Waals surface area (Å²) >= 11 is 0. The van der Waals surface area contributed by atoms with Gasteiger partial charge in [-0.15, -0.1) is 0 Å². The maximum absolute atomic E-state index is 12.2. The number of tetrazole rings is 1. The Labute approximate surface area is 151 Å². The number of nitrogens with zero attached hydrogens (tertiary/aromatic N) is 6. The Balaban J connectivity index is 1.94. The summed E-state index contributed by atoms with van der Waals surface area (Å²) in [6.45, 7) is 0. The maximum atomic E-state index is 12.2. The van der Waals surface area contributed by atoms with E-state index in [2.05, 4.69) is 15.4 Å². The van der Waals surface area contributed by atoms with Crippen LogP contribution < -0.4 is 0 Å². The summed E-state index contributed by atoms with van der Waals surface area (Å²) in [5.74, 6) is -0.209. The number of ether oxygens (including phenoxy) is 1. The van der Waals surface area contributed by atoms with E-state index in [4.69, 9.17) is 4.74 Å². The van der Waals surface area contributed by atoms with E-state index in [0.717, 1.165) is 5.56 Å². The van der Waals surface area contributed by atoms with Crippen molar-refractivity contribution in [3.8, 4) is 17.1 Å². The van der Waals surface area contributed by atoms with Gasteiger partial charge in [0.1, 0.15) is 0 Å². The van der Waals surface area contributed by atoms with Gasteiger partial charge in [-0.3, -0.25) is 10.1 Å². The third-order valence-corrected chi connectivity index (χ3v) is 3.97. The highest BCUT2D eigenvalue weighted by atomic mass is 16.6. The molecule has 4 rings (SSSR count). The predicted octanol–water partition coefficient (Wildman–Crippen LogP) is 2.28. The molecule has 0 spiro atoms. The van der Waals surface area contributed by atoms with E-state index in [-0.39, 0.29) is 11.4 Å². The van der Waals surface area contributed by atoms with Crippen LogP contribution >= 0.6 is 0 Å². The fraction of sp³-hybridized carbons (Fsp3) is 0.0588. The number of non-ortho nitro benzene ring substituents is 1. The summed E-state index contributed by atoms with van der Waals surface area (Å²) in [6, 6.07) is 14.9. The number of imidazole rings is 1. The Hall–Kier alpha value is -4.08. The van der Waals surface area contributed by atoms with Gasteiger partial charge in [0.05, 0.1) is 17.7 Å². The number of rotatable bonds is 4. The highest BCUT2D eigenvalue weighted by molar-refractivity contribution is 5.95. The molecule has 10 nitrogen and oxygen atoms in total. The number of hydrogen-bond acceptors (Lipinski definition) is 7. The van der Waals surface area contributed by atoms with Crippen LogP contribution in [0.25, 0.3) is 22.7 Å². The van der Waals surface area contributed by atoms with E-state index in [0.29, 0.717) is 17.2 Å². The van der Waals surface area contributed by atoms with E-state index in [1.54, 1.807) is 0 Å². The van der Waals surface area contributed by atoms with Gasteiger partial charge in [-0.2, -0.15) is 9.20 Å². The van der Waals surface area contributed by atoms with Gasteiger partial charge in [-0.05, 0) is 22.6 Å². The highest BCUT2D eigenvalue weighted by Gasteiger charge is 2.25. The van der Waals surface area contributed by atoms with Crippen molar-refractivity contribution in [2.24, 2.45) is 0 Å². The highest BCUT2D eigenvalue weighted by Crippen LogP contribution is 2.24. The topological polar surface area (TPSA) is 117 Å². The molecule has 0 saturated carbocycles. The lowest BCUT2D eigenvalue weighted by molar-refractivity contribution is -0.384. The van der Waals surface area contributed by atoms with Gasteiger partial charge in [-0.1, -0.05) is 30.3 Å². The zero-order chi connectivity index (χ0) is 19.0. The van der Waals surface area contributed by atoms with Crippen molar-refractivity contribution in [1.82, 2.24) is 24.6 Å². The van der Waals surface area contributed by atoms with Crippen LogP contribution in [0.3, 0.4) is 0 Å². The molecule has 10 heteroatoms. The molecule has 134 valence electrons. The summed E-state index contributed by atoms with van der Waals surface area (Å²) < 4.78 is 7.65. The number of esters is 1. The van der Waals surface area contributed by atoms with Crippen LogP contribution in [-0.4, -0.2) is 42.6 Å². The molecule has 0 unspecified atom stereocenters. The minimum absolute atomic E-state index is 0.0414. The molecule has 2 aromatic carbocycles. The van der Waals surface area contributed by atoms with Crippen molar-refractivity contribution in [2.45, 2.75) is 0 Å². The number of methoxy groups -OCH3 is 1. The van der Waals surface area contributed by atoms with Gasteiger partial charge < -0.3 is 4.74 Å². The Kier molecular flexibility index (Phi) is 3.84. The molecule has 0 bridgehead atoms. The molecule has 27 heavy (non-hydrogen) atoms. The Morgan fingerprint density at radius 1 is 1.07 bits per heavy atom. The van der Waals surface area contributed by atoms with Gasteiger partial charge in [-0.25, -0.2) is 9.78 Å². The largest absolute Gasteiger partial charge is 0.464 e.